The van der Waals surface area contributed by atoms with Crippen LogP contribution in [0.1, 0.15) is 39.2 Å². The average molecular weight is 311 g/mol. The van der Waals surface area contributed by atoms with Gasteiger partial charge in [0.25, 0.3) is 0 Å². The normalized spacial score (nSPS) is 17.9. The molecule has 0 aliphatic carbocycles. The highest BCUT2D eigenvalue weighted by molar-refractivity contribution is 7.89. The summed E-state index contributed by atoms with van der Waals surface area (Å²) in [7, 11) is -3.41. The van der Waals surface area contributed by atoms with Crippen LogP contribution in [-0.2, 0) is 20.2 Å². The molecule has 0 radical (unpaired) electrons. The van der Waals surface area contributed by atoms with Crippen molar-refractivity contribution in [2.24, 2.45) is 5.92 Å². The summed E-state index contributed by atoms with van der Waals surface area (Å²) in [5, 5.41) is 0. The molecule has 1 aliphatic rings. The minimum atomic E-state index is -3.41. The maximum atomic E-state index is 12.3. The largest absolute Gasteiger partial charge is 0.381 e. The smallest absolute Gasteiger partial charge is 0.240 e. The number of rotatable bonds is 4. The van der Waals surface area contributed by atoms with Gasteiger partial charge in [-0.25, -0.2) is 13.1 Å². The van der Waals surface area contributed by atoms with Gasteiger partial charge >= 0.3 is 0 Å². The van der Waals surface area contributed by atoms with E-state index in [-0.39, 0.29) is 5.41 Å². The van der Waals surface area contributed by atoms with Crippen molar-refractivity contribution in [2.75, 3.05) is 19.8 Å². The monoisotopic (exact) mass is 311 g/mol. The Morgan fingerprint density at radius 3 is 2.24 bits per heavy atom. The molecule has 1 fully saturated rings. The summed E-state index contributed by atoms with van der Waals surface area (Å²) in [4.78, 5) is 0.336. The number of hydrogen-bond donors (Lipinski definition) is 1. The zero-order chi connectivity index (χ0) is 15.5. The number of ether oxygens (including phenoxy) is 1. The summed E-state index contributed by atoms with van der Waals surface area (Å²) in [5.41, 5.74) is 1.16. The first-order valence-electron chi connectivity index (χ1n) is 7.47. The maximum Gasteiger partial charge on any atom is 0.240 e. The van der Waals surface area contributed by atoms with E-state index in [4.69, 9.17) is 4.74 Å². The Morgan fingerprint density at radius 1 is 1.14 bits per heavy atom. The first-order valence-corrected chi connectivity index (χ1v) is 8.95. The lowest BCUT2D eigenvalue weighted by molar-refractivity contribution is 0.0678. The van der Waals surface area contributed by atoms with Crippen molar-refractivity contribution >= 4 is 10.0 Å². The van der Waals surface area contributed by atoms with E-state index in [1.807, 2.05) is 12.1 Å². The van der Waals surface area contributed by atoms with E-state index in [1.165, 1.54) is 0 Å². The van der Waals surface area contributed by atoms with Crippen molar-refractivity contribution in [2.45, 2.75) is 43.9 Å². The summed E-state index contributed by atoms with van der Waals surface area (Å²) in [5.74, 6) is 0.377. The second kappa shape index (κ2) is 6.46. The van der Waals surface area contributed by atoms with Gasteiger partial charge in [0, 0.05) is 19.8 Å². The lowest BCUT2D eigenvalue weighted by Gasteiger charge is -2.22. The highest BCUT2D eigenvalue weighted by atomic mass is 32.2. The molecule has 1 aromatic rings. The van der Waals surface area contributed by atoms with Crippen molar-refractivity contribution in [1.82, 2.24) is 4.72 Å². The molecule has 0 bridgehead atoms. The molecule has 0 saturated carbocycles. The van der Waals surface area contributed by atoms with Gasteiger partial charge in [-0.3, -0.25) is 0 Å². The summed E-state index contributed by atoms with van der Waals surface area (Å²) < 4.78 is 32.6. The van der Waals surface area contributed by atoms with Gasteiger partial charge < -0.3 is 4.74 Å². The highest BCUT2D eigenvalue weighted by Crippen LogP contribution is 2.23. The lowest BCUT2D eigenvalue weighted by atomic mass is 9.87. The predicted molar refractivity (Wildman–Crippen MR) is 83.9 cm³/mol. The van der Waals surface area contributed by atoms with E-state index >= 15 is 0 Å². The SMILES string of the molecule is CC(C)(C)c1ccc(S(=O)(=O)NCC2CCOCC2)cc1. The second-order valence-electron chi connectivity index (χ2n) is 6.68. The zero-order valence-electron chi connectivity index (χ0n) is 13.1. The Hall–Kier alpha value is -0.910. The molecule has 21 heavy (non-hydrogen) atoms. The molecule has 1 N–H and O–H groups in total. The van der Waals surface area contributed by atoms with E-state index in [1.54, 1.807) is 12.1 Å². The van der Waals surface area contributed by atoms with Crippen molar-refractivity contribution in [3.8, 4) is 0 Å². The number of benzene rings is 1. The average Bonchev–Trinajstić information content (AvgIpc) is 2.46. The molecule has 1 aromatic carbocycles. The standard InChI is InChI=1S/C16H25NO3S/c1-16(2,3)14-4-6-15(7-5-14)21(18,19)17-12-13-8-10-20-11-9-13/h4-7,13,17H,8-12H2,1-3H3. The topological polar surface area (TPSA) is 55.4 Å². The molecule has 1 saturated heterocycles. The molecule has 0 spiro atoms. The van der Waals surface area contributed by atoms with E-state index in [2.05, 4.69) is 25.5 Å². The van der Waals surface area contributed by atoms with Gasteiger partial charge in [-0.2, -0.15) is 0 Å². The summed E-state index contributed by atoms with van der Waals surface area (Å²) in [6.07, 6.45) is 1.84. The van der Waals surface area contributed by atoms with Crippen LogP contribution >= 0.6 is 0 Å². The van der Waals surface area contributed by atoms with Gasteiger partial charge in [0.1, 0.15) is 0 Å². The quantitative estimate of drug-likeness (QED) is 0.930. The van der Waals surface area contributed by atoms with Gasteiger partial charge in [-0.1, -0.05) is 32.9 Å². The van der Waals surface area contributed by atoms with Crippen LogP contribution in [0.25, 0.3) is 0 Å². The van der Waals surface area contributed by atoms with Crippen LogP contribution in [0.15, 0.2) is 29.2 Å². The second-order valence-corrected chi connectivity index (χ2v) is 8.45. The maximum absolute atomic E-state index is 12.3. The number of sulfonamides is 1. The first-order chi connectivity index (χ1) is 9.79. The zero-order valence-corrected chi connectivity index (χ0v) is 13.9. The minimum absolute atomic E-state index is 0.0256. The summed E-state index contributed by atoms with van der Waals surface area (Å²) in [6, 6.07) is 7.16. The van der Waals surface area contributed by atoms with Gasteiger partial charge in [-0.15, -0.1) is 0 Å². The molecular weight excluding hydrogens is 286 g/mol. The highest BCUT2D eigenvalue weighted by Gasteiger charge is 2.20. The molecule has 1 aliphatic heterocycles. The Morgan fingerprint density at radius 2 is 1.71 bits per heavy atom. The van der Waals surface area contributed by atoms with Gasteiger partial charge in [0.2, 0.25) is 10.0 Å². The lowest BCUT2D eigenvalue weighted by Crippen LogP contribution is -2.32. The molecular formula is C16H25NO3S. The Kier molecular flexibility index (Phi) is 5.07. The van der Waals surface area contributed by atoms with Crippen LogP contribution in [0, 0.1) is 5.92 Å². The number of nitrogens with one attached hydrogen (secondary N) is 1. The minimum Gasteiger partial charge on any atom is -0.381 e. The van der Waals surface area contributed by atoms with Crippen molar-refractivity contribution in [3.05, 3.63) is 29.8 Å². The van der Waals surface area contributed by atoms with Gasteiger partial charge in [-0.05, 0) is 41.9 Å². The first kappa shape index (κ1) is 16.5. The third-order valence-electron chi connectivity index (χ3n) is 3.93. The van der Waals surface area contributed by atoms with Crippen LogP contribution in [0.2, 0.25) is 0 Å². The third kappa shape index (κ3) is 4.53. The predicted octanol–water partition coefficient (Wildman–Crippen LogP) is 2.69. The molecule has 118 valence electrons. The van der Waals surface area contributed by atoms with Crippen LogP contribution in [-0.4, -0.2) is 28.2 Å². The molecule has 0 atom stereocenters. The molecule has 0 unspecified atom stereocenters. The van der Waals surface area contributed by atoms with Crippen molar-refractivity contribution in [1.29, 1.82) is 0 Å². The fourth-order valence-corrected chi connectivity index (χ4v) is 3.51. The summed E-state index contributed by atoms with van der Waals surface area (Å²) in [6.45, 7) is 8.28. The molecule has 4 nitrogen and oxygen atoms in total. The van der Waals surface area contributed by atoms with Crippen LogP contribution < -0.4 is 4.72 Å². The van der Waals surface area contributed by atoms with Crippen LogP contribution in [0.5, 0.6) is 0 Å². The Bertz CT molecular complexity index is 552. The number of hydrogen-bond acceptors (Lipinski definition) is 3. The van der Waals surface area contributed by atoms with E-state index < -0.39 is 10.0 Å². The van der Waals surface area contributed by atoms with E-state index in [9.17, 15) is 8.42 Å². The third-order valence-corrected chi connectivity index (χ3v) is 5.37. The van der Waals surface area contributed by atoms with E-state index in [0.29, 0.717) is 17.4 Å². The molecule has 1 heterocycles. The van der Waals surface area contributed by atoms with Crippen molar-refractivity contribution in [3.63, 3.8) is 0 Å². The summed E-state index contributed by atoms with van der Waals surface area (Å²) >= 11 is 0. The van der Waals surface area contributed by atoms with Gasteiger partial charge in [0.15, 0.2) is 0 Å². The fourth-order valence-electron chi connectivity index (χ4n) is 2.40. The van der Waals surface area contributed by atoms with E-state index in [0.717, 1.165) is 31.6 Å². The molecule has 0 amide bonds. The fraction of sp³-hybridized carbons (Fsp3) is 0.625. The van der Waals surface area contributed by atoms with Crippen LogP contribution in [0.3, 0.4) is 0 Å². The van der Waals surface area contributed by atoms with Gasteiger partial charge in [0.05, 0.1) is 4.90 Å². The molecule has 2 rings (SSSR count). The molecule has 5 heteroatoms. The van der Waals surface area contributed by atoms with Crippen LogP contribution in [0.4, 0.5) is 0 Å². The Labute approximate surface area is 127 Å². The Balaban J connectivity index is 2.01. The molecule has 0 aromatic heterocycles. The van der Waals surface area contributed by atoms with Crippen molar-refractivity contribution < 1.29 is 13.2 Å².